The molecule has 7 heteroatoms. The van der Waals surface area contributed by atoms with Crippen LogP contribution in [0.25, 0.3) is 0 Å². The van der Waals surface area contributed by atoms with E-state index in [1.165, 1.54) is 0 Å². The van der Waals surface area contributed by atoms with Gasteiger partial charge in [-0.1, -0.05) is 65.7 Å². The number of rotatable bonds is 6. The molecule has 2 amide bonds. The second-order valence-corrected chi connectivity index (χ2v) is 8.68. The molecule has 33 heavy (non-hydrogen) atoms. The van der Waals surface area contributed by atoms with Gasteiger partial charge in [-0.15, -0.1) is 0 Å². The second kappa shape index (κ2) is 10.8. The lowest BCUT2D eigenvalue weighted by Gasteiger charge is -2.27. The number of carbonyl (C=O) groups is 2. The van der Waals surface area contributed by atoms with E-state index in [-0.39, 0.29) is 18.2 Å². The maximum atomic E-state index is 13.6. The lowest BCUT2D eigenvalue weighted by atomic mass is 10.1. The van der Waals surface area contributed by atoms with E-state index in [0.717, 1.165) is 11.1 Å². The summed E-state index contributed by atoms with van der Waals surface area (Å²) in [6.45, 7) is 2.69. The quantitative estimate of drug-likeness (QED) is 0.482. The minimum absolute atomic E-state index is 0.0529. The number of amides is 2. The van der Waals surface area contributed by atoms with Gasteiger partial charge in [0, 0.05) is 23.8 Å². The van der Waals surface area contributed by atoms with Crippen LogP contribution in [0, 0.1) is 0 Å². The molecule has 1 aliphatic rings. The fourth-order valence-corrected chi connectivity index (χ4v) is 4.28. The predicted octanol–water partition coefficient (Wildman–Crippen LogP) is 5.24. The fourth-order valence-electron chi connectivity index (χ4n) is 3.79. The van der Waals surface area contributed by atoms with Crippen LogP contribution >= 0.6 is 23.2 Å². The van der Waals surface area contributed by atoms with Crippen molar-refractivity contribution in [2.75, 3.05) is 31.2 Å². The molecule has 1 heterocycles. The predicted molar refractivity (Wildman–Crippen MR) is 131 cm³/mol. The summed E-state index contributed by atoms with van der Waals surface area (Å²) in [5.74, 6) is -0.186. The van der Waals surface area contributed by atoms with Crippen molar-refractivity contribution >= 4 is 40.7 Å². The fraction of sp³-hybridized carbons (Fsp3) is 0.231. The van der Waals surface area contributed by atoms with Crippen LogP contribution in [0.3, 0.4) is 0 Å². The molecule has 0 spiro atoms. The normalized spacial score (nSPS) is 13.6. The average Bonchev–Trinajstić information content (AvgIpc) is 2.83. The van der Waals surface area contributed by atoms with Gasteiger partial charge < -0.3 is 14.5 Å². The van der Waals surface area contributed by atoms with Gasteiger partial charge in [-0.2, -0.15) is 0 Å². The van der Waals surface area contributed by atoms with Gasteiger partial charge in [-0.25, -0.2) is 0 Å². The number of halogens is 2. The number of anilines is 1. The van der Waals surface area contributed by atoms with E-state index in [1.54, 1.807) is 23.1 Å². The Labute approximate surface area is 203 Å². The van der Waals surface area contributed by atoms with Gasteiger partial charge in [0.25, 0.3) is 5.91 Å². The molecule has 5 nitrogen and oxygen atoms in total. The summed E-state index contributed by atoms with van der Waals surface area (Å²) in [7, 11) is 0. The van der Waals surface area contributed by atoms with Crippen molar-refractivity contribution in [3.63, 3.8) is 0 Å². The Balaban J connectivity index is 1.63. The number of hydrogen-bond donors (Lipinski definition) is 0. The molecule has 4 rings (SSSR count). The average molecular weight is 483 g/mol. The summed E-state index contributed by atoms with van der Waals surface area (Å²) in [4.78, 5) is 29.8. The highest BCUT2D eigenvalue weighted by molar-refractivity contribution is 6.37. The summed E-state index contributed by atoms with van der Waals surface area (Å²) in [5.41, 5.74) is 2.89. The third-order valence-corrected chi connectivity index (χ3v) is 6.08. The third kappa shape index (κ3) is 5.93. The zero-order valence-electron chi connectivity index (χ0n) is 18.0. The Morgan fingerprint density at radius 1 is 0.879 bits per heavy atom. The first-order chi connectivity index (χ1) is 16.0. The monoisotopic (exact) mass is 482 g/mol. The lowest BCUT2D eigenvalue weighted by molar-refractivity contribution is -0.134. The molecule has 0 radical (unpaired) electrons. The van der Waals surface area contributed by atoms with Gasteiger partial charge >= 0.3 is 0 Å². The van der Waals surface area contributed by atoms with Crippen LogP contribution in [0.15, 0.2) is 72.8 Å². The first-order valence-electron chi connectivity index (χ1n) is 10.8. The Morgan fingerprint density at radius 2 is 1.61 bits per heavy atom. The van der Waals surface area contributed by atoms with E-state index in [0.29, 0.717) is 54.1 Å². The van der Waals surface area contributed by atoms with Crippen LogP contribution in [0.2, 0.25) is 10.0 Å². The smallest absolute Gasteiger partial charge is 0.260 e. The van der Waals surface area contributed by atoms with Crippen molar-refractivity contribution in [1.82, 2.24) is 4.90 Å². The molecule has 0 bridgehead atoms. The Bertz CT molecular complexity index is 1130. The molecule has 1 fully saturated rings. The van der Waals surface area contributed by atoms with Gasteiger partial charge in [0.15, 0.2) is 0 Å². The molecule has 0 N–H and O–H groups in total. The van der Waals surface area contributed by atoms with Crippen molar-refractivity contribution < 1.29 is 14.3 Å². The maximum Gasteiger partial charge on any atom is 0.260 e. The van der Waals surface area contributed by atoms with Gasteiger partial charge in [-0.3, -0.25) is 9.59 Å². The molecule has 170 valence electrons. The highest BCUT2D eigenvalue weighted by Crippen LogP contribution is 2.27. The van der Waals surface area contributed by atoms with Crippen LogP contribution in [0.4, 0.5) is 5.69 Å². The van der Waals surface area contributed by atoms with Crippen LogP contribution < -0.4 is 4.90 Å². The molecule has 0 atom stereocenters. The van der Waals surface area contributed by atoms with E-state index in [1.807, 2.05) is 59.5 Å². The summed E-state index contributed by atoms with van der Waals surface area (Å²) >= 11 is 12.4. The van der Waals surface area contributed by atoms with Gasteiger partial charge in [-0.05, 0) is 41.5 Å². The van der Waals surface area contributed by atoms with Crippen LogP contribution in [0.1, 0.15) is 21.5 Å². The molecule has 1 aliphatic heterocycles. The summed E-state index contributed by atoms with van der Waals surface area (Å²) in [6.07, 6.45) is 0.267. The number of hydrogen-bond acceptors (Lipinski definition) is 3. The number of benzene rings is 3. The molecule has 0 aromatic heterocycles. The van der Waals surface area contributed by atoms with E-state index >= 15 is 0 Å². The molecule has 1 saturated heterocycles. The van der Waals surface area contributed by atoms with Crippen molar-refractivity contribution in [3.8, 4) is 0 Å². The van der Waals surface area contributed by atoms with E-state index in [9.17, 15) is 9.59 Å². The van der Waals surface area contributed by atoms with Crippen molar-refractivity contribution in [2.24, 2.45) is 0 Å². The third-order valence-electron chi connectivity index (χ3n) is 5.53. The molecule has 0 aliphatic carbocycles. The van der Waals surface area contributed by atoms with Crippen molar-refractivity contribution in [2.45, 2.75) is 13.0 Å². The Morgan fingerprint density at radius 3 is 2.33 bits per heavy atom. The zero-order valence-corrected chi connectivity index (χ0v) is 19.6. The van der Waals surface area contributed by atoms with E-state index < -0.39 is 0 Å². The van der Waals surface area contributed by atoms with Crippen LogP contribution in [-0.2, 0) is 22.5 Å². The topological polar surface area (TPSA) is 49.9 Å². The first kappa shape index (κ1) is 23.3. The zero-order chi connectivity index (χ0) is 23.2. The standard InChI is InChI=1S/C26H24Cl2N2O3/c27-21-9-10-23(24(28)17-21)26(32)30(18-19-5-2-1-3-6-19)22-8-4-7-20(15-22)16-25(31)29-11-13-33-14-12-29/h1-10,15,17H,11-14,16,18H2. The van der Waals surface area contributed by atoms with Crippen LogP contribution in [-0.4, -0.2) is 43.0 Å². The Hall–Kier alpha value is -2.86. The number of morpholine rings is 1. The highest BCUT2D eigenvalue weighted by atomic mass is 35.5. The minimum Gasteiger partial charge on any atom is -0.378 e. The Kier molecular flexibility index (Phi) is 7.65. The molecule has 0 saturated carbocycles. The lowest BCUT2D eigenvalue weighted by Crippen LogP contribution is -2.41. The van der Waals surface area contributed by atoms with Gasteiger partial charge in [0.1, 0.15) is 0 Å². The number of nitrogens with zero attached hydrogens (tertiary/aromatic N) is 2. The molecule has 3 aromatic carbocycles. The summed E-state index contributed by atoms with van der Waals surface area (Å²) < 4.78 is 5.34. The molecule has 0 unspecified atom stereocenters. The SMILES string of the molecule is O=C(Cc1cccc(N(Cc2ccccc2)C(=O)c2ccc(Cl)cc2Cl)c1)N1CCOCC1. The summed E-state index contributed by atoms with van der Waals surface area (Å²) in [5, 5.41) is 0.763. The largest absolute Gasteiger partial charge is 0.378 e. The molecular formula is C26H24Cl2N2O3. The molecular weight excluding hydrogens is 459 g/mol. The highest BCUT2D eigenvalue weighted by Gasteiger charge is 2.22. The maximum absolute atomic E-state index is 13.6. The first-order valence-corrected chi connectivity index (χ1v) is 11.5. The number of ether oxygens (including phenoxy) is 1. The van der Waals surface area contributed by atoms with E-state index in [4.69, 9.17) is 27.9 Å². The number of carbonyl (C=O) groups excluding carboxylic acids is 2. The van der Waals surface area contributed by atoms with Crippen molar-refractivity contribution in [3.05, 3.63) is 99.5 Å². The second-order valence-electron chi connectivity index (χ2n) is 7.84. The summed E-state index contributed by atoms with van der Waals surface area (Å²) in [6, 6.07) is 22.1. The molecule has 3 aromatic rings. The van der Waals surface area contributed by atoms with Gasteiger partial charge in [0.2, 0.25) is 5.91 Å². The minimum atomic E-state index is -0.239. The van der Waals surface area contributed by atoms with E-state index in [2.05, 4.69) is 0 Å². The van der Waals surface area contributed by atoms with Gasteiger partial charge in [0.05, 0.1) is 36.8 Å². The van der Waals surface area contributed by atoms with Crippen LogP contribution in [0.5, 0.6) is 0 Å². The van der Waals surface area contributed by atoms with Crippen molar-refractivity contribution in [1.29, 1.82) is 0 Å².